The first-order valence-electron chi connectivity index (χ1n) is 7.84. The lowest BCUT2D eigenvalue weighted by atomic mass is 10.2. The summed E-state index contributed by atoms with van der Waals surface area (Å²) in [5.41, 5.74) is 1.85. The lowest BCUT2D eigenvalue weighted by molar-refractivity contribution is 0.304. The van der Waals surface area contributed by atoms with Crippen LogP contribution in [-0.4, -0.2) is 36.2 Å². The topological polar surface area (TPSA) is 55.2 Å². The van der Waals surface area contributed by atoms with E-state index in [1.807, 2.05) is 25.8 Å². The van der Waals surface area contributed by atoms with Gasteiger partial charge in [-0.2, -0.15) is 0 Å². The Bertz CT molecular complexity index is 783. The molecule has 24 heavy (non-hydrogen) atoms. The number of benzene rings is 1. The molecular formula is C17H24FN3O2S. The monoisotopic (exact) mass is 353 g/mol. The minimum absolute atomic E-state index is 0.112. The van der Waals surface area contributed by atoms with Crippen molar-refractivity contribution in [3.05, 3.63) is 47.5 Å². The highest BCUT2D eigenvalue weighted by Gasteiger charge is 2.20. The first-order valence-corrected chi connectivity index (χ1v) is 9.73. The minimum atomic E-state index is -3.37. The van der Waals surface area contributed by atoms with Crippen molar-refractivity contribution in [2.24, 2.45) is 5.92 Å². The number of hydrogen-bond acceptors (Lipinski definition) is 4. The smallest absolute Gasteiger partial charge is 0.227 e. The number of nitrogens with zero attached hydrogens (tertiary/aromatic N) is 3. The quantitative estimate of drug-likeness (QED) is 0.768. The summed E-state index contributed by atoms with van der Waals surface area (Å²) in [6.45, 7) is 5.88. The van der Waals surface area contributed by atoms with Crippen molar-refractivity contribution in [1.29, 1.82) is 0 Å². The van der Waals surface area contributed by atoms with Crippen molar-refractivity contribution in [3.8, 4) is 0 Å². The summed E-state index contributed by atoms with van der Waals surface area (Å²) in [5.74, 6) is 0.0510. The van der Waals surface area contributed by atoms with E-state index in [1.165, 1.54) is 18.4 Å². The lowest BCUT2D eigenvalue weighted by Gasteiger charge is -2.19. The molecule has 7 heteroatoms. The zero-order chi connectivity index (χ0) is 17.9. The zero-order valence-corrected chi connectivity index (χ0v) is 15.3. The van der Waals surface area contributed by atoms with Crippen LogP contribution in [0, 0.1) is 11.7 Å². The molecule has 0 atom stereocenters. The van der Waals surface area contributed by atoms with Gasteiger partial charge >= 0.3 is 0 Å². The van der Waals surface area contributed by atoms with Crippen molar-refractivity contribution in [1.82, 2.24) is 14.5 Å². The second-order valence-corrected chi connectivity index (χ2v) is 8.52. The first kappa shape index (κ1) is 18.6. The molecular weight excluding hydrogens is 329 g/mol. The first-order chi connectivity index (χ1) is 11.2. The molecule has 1 aromatic carbocycles. The highest BCUT2D eigenvalue weighted by Crippen LogP contribution is 2.16. The van der Waals surface area contributed by atoms with Crippen LogP contribution in [-0.2, 0) is 29.5 Å². The molecule has 0 fully saturated rings. The van der Waals surface area contributed by atoms with Crippen LogP contribution >= 0.6 is 0 Å². The van der Waals surface area contributed by atoms with Crippen LogP contribution in [0.2, 0.25) is 0 Å². The van der Waals surface area contributed by atoms with Crippen LogP contribution < -0.4 is 0 Å². The number of aromatic nitrogens is 2. The summed E-state index contributed by atoms with van der Waals surface area (Å²) in [4.78, 5) is 6.16. The molecule has 0 aliphatic heterocycles. The summed E-state index contributed by atoms with van der Waals surface area (Å²) >= 11 is 0. The number of halogens is 1. The average Bonchev–Trinajstić information content (AvgIpc) is 2.83. The number of hydrogen-bond donors (Lipinski definition) is 0. The molecule has 2 aromatic rings. The van der Waals surface area contributed by atoms with Crippen LogP contribution in [0.1, 0.15) is 25.1 Å². The molecule has 0 saturated heterocycles. The Morgan fingerprint density at radius 2 is 1.83 bits per heavy atom. The number of sulfone groups is 1. The predicted molar refractivity (Wildman–Crippen MR) is 91.7 cm³/mol. The maximum atomic E-state index is 13.0. The molecule has 0 amide bonds. The molecule has 0 aliphatic carbocycles. The van der Waals surface area contributed by atoms with Gasteiger partial charge in [0.25, 0.3) is 0 Å². The van der Waals surface area contributed by atoms with Gasteiger partial charge in [0.05, 0.1) is 11.9 Å². The van der Waals surface area contributed by atoms with Crippen LogP contribution in [0.5, 0.6) is 0 Å². The standard InChI is InChI=1S/C17H24FN3O2S/c1-13(2)10-21-16(9-19-17(21)24(4,22)23)12-20(3)11-14-5-7-15(18)8-6-14/h5-9,13H,10-12H2,1-4H3. The Morgan fingerprint density at radius 1 is 1.21 bits per heavy atom. The highest BCUT2D eigenvalue weighted by molar-refractivity contribution is 7.90. The fraction of sp³-hybridized carbons (Fsp3) is 0.471. The molecule has 0 bridgehead atoms. The molecule has 5 nitrogen and oxygen atoms in total. The summed E-state index contributed by atoms with van der Waals surface area (Å²) in [6.07, 6.45) is 2.80. The van der Waals surface area contributed by atoms with Gasteiger partial charge < -0.3 is 4.57 Å². The summed E-state index contributed by atoms with van der Waals surface area (Å²) < 4.78 is 38.6. The predicted octanol–water partition coefficient (Wildman–Crippen LogP) is 2.71. The van der Waals surface area contributed by atoms with Gasteiger partial charge in [-0.3, -0.25) is 4.90 Å². The SMILES string of the molecule is CC(C)Cn1c(CN(C)Cc2ccc(F)cc2)cnc1S(C)(=O)=O. The maximum Gasteiger partial charge on any atom is 0.227 e. The van der Waals surface area contributed by atoms with Gasteiger partial charge in [0.2, 0.25) is 15.0 Å². The van der Waals surface area contributed by atoms with E-state index in [2.05, 4.69) is 4.98 Å². The van der Waals surface area contributed by atoms with Crippen molar-refractivity contribution < 1.29 is 12.8 Å². The normalized spacial score (nSPS) is 12.3. The summed E-state index contributed by atoms with van der Waals surface area (Å²) in [5, 5.41) is 0.112. The Kier molecular flexibility index (Phi) is 5.77. The second-order valence-electron chi connectivity index (χ2n) is 6.61. The van der Waals surface area contributed by atoms with Crippen LogP contribution in [0.15, 0.2) is 35.6 Å². The molecule has 1 heterocycles. The summed E-state index contributed by atoms with van der Waals surface area (Å²) in [6, 6.07) is 6.38. The van der Waals surface area contributed by atoms with Crippen molar-refractivity contribution in [2.75, 3.05) is 13.3 Å². The average molecular weight is 353 g/mol. The molecule has 132 valence electrons. The lowest BCUT2D eigenvalue weighted by Crippen LogP contribution is -2.21. The fourth-order valence-corrected chi connectivity index (χ4v) is 3.44. The van der Waals surface area contributed by atoms with Crippen molar-refractivity contribution in [2.45, 2.75) is 38.6 Å². The van der Waals surface area contributed by atoms with Crippen LogP contribution in [0.4, 0.5) is 4.39 Å². The van der Waals surface area contributed by atoms with Crippen molar-refractivity contribution >= 4 is 9.84 Å². The van der Waals surface area contributed by atoms with E-state index in [9.17, 15) is 12.8 Å². The molecule has 0 spiro atoms. The molecule has 2 rings (SSSR count). The maximum absolute atomic E-state index is 13.0. The third kappa shape index (κ3) is 4.88. The number of rotatable bonds is 7. The minimum Gasteiger partial charge on any atom is -0.317 e. The van der Waals surface area contributed by atoms with E-state index in [0.29, 0.717) is 25.6 Å². The van der Waals surface area contributed by atoms with E-state index in [-0.39, 0.29) is 11.0 Å². The van der Waals surface area contributed by atoms with Gasteiger partial charge in [0.1, 0.15) is 5.82 Å². The Morgan fingerprint density at radius 3 is 2.38 bits per heavy atom. The highest BCUT2D eigenvalue weighted by atomic mass is 32.2. The Balaban J connectivity index is 2.19. The summed E-state index contributed by atoms with van der Waals surface area (Å²) in [7, 11) is -1.43. The Labute approximate surface area is 143 Å². The van der Waals surface area contributed by atoms with Crippen LogP contribution in [0.25, 0.3) is 0 Å². The largest absolute Gasteiger partial charge is 0.317 e. The molecule has 0 aliphatic rings. The molecule has 0 radical (unpaired) electrons. The molecule has 1 aromatic heterocycles. The Hall–Kier alpha value is -1.73. The van der Waals surface area contributed by atoms with Gasteiger partial charge in [0, 0.05) is 25.9 Å². The van der Waals surface area contributed by atoms with E-state index >= 15 is 0 Å². The second kappa shape index (κ2) is 7.44. The van der Waals surface area contributed by atoms with Crippen LogP contribution in [0.3, 0.4) is 0 Å². The van der Waals surface area contributed by atoms with Gasteiger partial charge in [0.15, 0.2) is 0 Å². The van der Waals surface area contributed by atoms with Gasteiger partial charge in [-0.25, -0.2) is 17.8 Å². The molecule has 0 unspecified atom stereocenters. The fourth-order valence-electron chi connectivity index (χ4n) is 2.61. The van der Waals surface area contributed by atoms with E-state index in [1.54, 1.807) is 22.9 Å². The number of imidazole rings is 1. The molecule has 0 N–H and O–H groups in total. The third-order valence-electron chi connectivity index (χ3n) is 3.58. The molecule has 0 saturated carbocycles. The van der Waals surface area contributed by atoms with Gasteiger partial charge in [-0.15, -0.1) is 0 Å². The van der Waals surface area contributed by atoms with E-state index in [4.69, 9.17) is 0 Å². The van der Waals surface area contributed by atoms with Gasteiger partial charge in [-0.05, 0) is 30.7 Å². The van der Waals surface area contributed by atoms with Crippen molar-refractivity contribution in [3.63, 3.8) is 0 Å². The zero-order valence-electron chi connectivity index (χ0n) is 14.5. The van der Waals surface area contributed by atoms with E-state index < -0.39 is 9.84 Å². The van der Waals surface area contributed by atoms with E-state index in [0.717, 1.165) is 11.3 Å². The van der Waals surface area contributed by atoms with Gasteiger partial charge in [-0.1, -0.05) is 26.0 Å². The third-order valence-corrected chi connectivity index (χ3v) is 4.57.